The predicted octanol–water partition coefficient (Wildman–Crippen LogP) is 3.36. The highest BCUT2D eigenvalue weighted by Crippen LogP contribution is 2.17. The molecule has 0 aliphatic heterocycles. The Balaban J connectivity index is 2.13. The van der Waals surface area contributed by atoms with Crippen LogP contribution in [0.1, 0.15) is 44.6 Å². The quantitative estimate of drug-likeness (QED) is 0.741. The summed E-state index contributed by atoms with van der Waals surface area (Å²) in [7, 11) is 0. The number of benzene rings is 2. The molecule has 0 saturated heterocycles. The summed E-state index contributed by atoms with van der Waals surface area (Å²) in [4.78, 5) is 18.1. The zero-order chi connectivity index (χ0) is 18.7. The van der Waals surface area contributed by atoms with Crippen molar-refractivity contribution < 1.29 is 5.32 Å². The first-order chi connectivity index (χ1) is 12.5. The highest BCUT2D eigenvalue weighted by Gasteiger charge is 2.20. The van der Waals surface area contributed by atoms with Crippen LogP contribution < -0.4 is 10.9 Å². The molecule has 0 saturated carbocycles. The van der Waals surface area contributed by atoms with Gasteiger partial charge < -0.3 is 5.32 Å². The van der Waals surface area contributed by atoms with Crippen LogP contribution in [-0.4, -0.2) is 16.1 Å². The number of quaternary nitrogens is 1. The SMILES string of the molecule is Cc1cccc(-n2c([C@@H](C)[NH2+]CCC(C)C)nc3ccccc3c2=O)c1. The number of rotatable bonds is 6. The molecule has 3 aromatic rings. The molecular formula is C22H28N3O+. The Bertz CT molecular complexity index is 959. The summed E-state index contributed by atoms with van der Waals surface area (Å²) < 4.78 is 1.78. The van der Waals surface area contributed by atoms with Crippen LogP contribution in [0.15, 0.2) is 53.3 Å². The van der Waals surface area contributed by atoms with Crippen molar-refractivity contribution >= 4 is 10.9 Å². The Labute approximate surface area is 154 Å². The van der Waals surface area contributed by atoms with Crippen molar-refractivity contribution in [3.8, 4) is 5.69 Å². The van der Waals surface area contributed by atoms with Crippen LogP contribution in [0, 0.1) is 12.8 Å². The van der Waals surface area contributed by atoms with Gasteiger partial charge >= 0.3 is 0 Å². The Morgan fingerprint density at radius 1 is 1.08 bits per heavy atom. The number of nitrogens with two attached hydrogens (primary N) is 1. The van der Waals surface area contributed by atoms with E-state index in [0.29, 0.717) is 11.3 Å². The maximum atomic E-state index is 13.3. The van der Waals surface area contributed by atoms with Crippen molar-refractivity contribution in [1.82, 2.24) is 9.55 Å². The minimum Gasteiger partial charge on any atom is -0.338 e. The molecule has 136 valence electrons. The molecule has 1 atom stereocenters. The zero-order valence-corrected chi connectivity index (χ0v) is 16.1. The van der Waals surface area contributed by atoms with Gasteiger partial charge in [-0.25, -0.2) is 4.98 Å². The molecule has 1 heterocycles. The monoisotopic (exact) mass is 350 g/mol. The third-order valence-corrected chi connectivity index (χ3v) is 4.73. The lowest BCUT2D eigenvalue weighted by atomic mass is 10.1. The molecule has 4 heteroatoms. The van der Waals surface area contributed by atoms with Crippen LogP contribution in [0.5, 0.6) is 0 Å². The van der Waals surface area contributed by atoms with Gasteiger partial charge in [0.2, 0.25) is 0 Å². The van der Waals surface area contributed by atoms with Crippen molar-refractivity contribution in [2.75, 3.05) is 6.54 Å². The summed E-state index contributed by atoms with van der Waals surface area (Å²) in [5, 5.41) is 2.94. The van der Waals surface area contributed by atoms with Gasteiger partial charge in [0.1, 0.15) is 6.04 Å². The molecule has 2 aromatic carbocycles. The number of hydrogen-bond donors (Lipinski definition) is 1. The van der Waals surface area contributed by atoms with Crippen LogP contribution in [0.4, 0.5) is 0 Å². The van der Waals surface area contributed by atoms with Gasteiger partial charge in [-0.05, 0) is 56.0 Å². The van der Waals surface area contributed by atoms with E-state index in [2.05, 4.69) is 26.1 Å². The Morgan fingerprint density at radius 3 is 2.58 bits per heavy atom. The van der Waals surface area contributed by atoms with E-state index in [-0.39, 0.29) is 11.6 Å². The topological polar surface area (TPSA) is 51.5 Å². The standard InChI is InChI=1S/C22H27N3O/c1-15(2)12-13-23-17(4)21-24-20-11-6-5-10-19(20)22(26)25(21)18-9-7-8-16(3)14-18/h5-11,14-15,17,23H,12-13H2,1-4H3/p+1/t17-/m1/s1. The third kappa shape index (κ3) is 3.86. The van der Waals surface area contributed by atoms with Gasteiger partial charge in [0, 0.05) is 0 Å². The van der Waals surface area contributed by atoms with Crippen LogP contribution in [0.3, 0.4) is 0 Å². The van der Waals surface area contributed by atoms with Gasteiger partial charge in [0.25, 0.3) is 5.56 Å². The van der Waals surface area contributed by atoms with Crippen LogP contribution in [-0.2, 0) is 0 Å². The molecule has 0 aliphatic carbocycles. The van der Waals surface area contributed by atoms with Crippen LogP contribution in [0.25, 0.3) is 16.6 Å². The fourth-order valence-electron chi connectivity index (χ4n) is 3.26. The van der Waals surface area contributed by atoms with E-state index >= 15 is 0 Å². The molecule has 3 rings (SSSR count). The highest BCUT2D eigenvalue weighted by molar-refractivity contribution is 5.77. The average molecular weight is 350 g/mol. The van der Waals surface area contributed by atoms with Crippen molar-refractivity contribution in [3.63, 3.8) is 0 Å². The van der Waals surface area contributed by atoms with Crippen LogP contribution in [0.2, 0.25) is 0 Å². The fraction of sp³-hybridized carbons (Fsp3) is 0.364. The van der Waals surface area contributed by atoms with Crippen molar-refractivity contribution in [3.05, 3.63) is 70.3 Å². The summed E-state index contributed by atoms with van der Waals surface area (Å²) in [5.41, 5.74) is 2.78. The summed E-state index contributed by atoms with van der Waals surface area (Å²) in [6.07, 6.45) is 1.15. The van der Waals surface area contributed by atoms with Crippen LogP contribution >= 0.6 is 0 Å². The molecular weight excluding hydrogens is 322 g/mol. The second-order valence-electron chi connectivity index (χ2n) is 7.46. The van der Waals surface area contributed by atoms with Crippen molar-refractivity contribution in [2.24, 2.45) is 5.92 Å². The van der Waals surface area contributed by atoms with Gasteiger partial charge in [0.15, 0.2) is 5.82 Å². The van der Waals surface area contributed by atoms with E-state index in [1.807, 2.05) is 55.5 Å². The molecule has 1 aromatic heterocycles. The smallest absolute Gasteiger partial charge is 0.266 e. The normalized spacial score (nSPS) is 12.7. The molecule has 0 radical (unpaired) electrons. The van der Waals surface area contributed by atoms with E-state index in [1.165, 1.54) is 0 Å². The zero-order valence-electron chi connectivity index (χ0n) is 16.1. The Hall–Kier alpha value is -2.46. The number of aromatic nitrogens is 2. The summed E-state index contributed by atoms with van der Waals surface area (Å²) in [6.45, 7) is 9.66. The van der Waals surface area contributed by atoms with Gasteiger partial charge in [0.05, 0.1) is 23.1 Å². The maximum absolute atomic E-state index is 13.3. The first-order valence-electron chi connectivity index (χ1n) is 9.39. The third-order valence-electron chi connectivity index (χ3n) is 4.73. The molecule has 0 spiro atoms. The van der Waals surface area contributed by atoms with E-state index in [1.54, 1.807) is 4.57 Å². The molecule has 4 nitrogen and oxygen atoms in total. The fourth-order valence-corrected chi connectivity index (χ4v) is 3.26. The van der Waals surface area contributed by atoms with Gasteiger partial charge in [-0.15, -0.1) is 0 Å². The molecule has 0 fully saturated rings. The summed E-state index contributed by atoms with van der Waals surface area (Å²) >= 11 is 0. The number of nitrogens with zero attached hydrogens (tertiary/aromatic N) is 2. The highest BCUT2D eigenvalue weighted by atomic mass is 16.1. The molecule has 0 aliphatic rings. The van der Waals surface area contributed by atoms with Gasteiger partial charge in [-0.1, -0.05) is 38.1 Å². The van der Waals surface area contributed by atoms with Crippen molar-refractivity contribution in [2.45, 2.75) is 40.2 Å². The predicted molar refractivity (Wildman–Crippen MR) is 107 cm³/mol. The average Bonchev–Trinajstić information content (AvgIpc) is 2.61. The first kappa shape index (κ1) is 18.3. The Kier molecular flexibility index (Phi) is 5.52. The lowest BCUT2D eigenvalue weighted by molar-refractivity contribution is -0.694. The molecule has 2 N–H and O–H groups in total. The molecule has 0 amide bonds. The Morgan fingerprint density at radius 2 is 1.85 bits per heavy atom. The van der Waals surface area contributed by atoms with E-state index in [0.717, 1.165) is 35.6 Å². The molecule has 0 unspecified atom stereocenters. The van der Waals surface area contributed by atoms with E-state index < -0.39 is 0 Å². The lowest BCUT2D eigenvalue weighted by Gasteiger charge is -2.18. The summed E-state index contributed by atoms with van der Waals surface area (Å²) in [6, 6.07) is 15.8. The van der Waals surface area contributed by atoms with E-state index in [4.69, 9.17) is 4.98 Å². The second kappa shape index (κ2) is 7.83. The van der Waals surface area contributed by atoms with Gasteiger partial charge in [-0.2, -0.15) is 0 Å². The number of aryl methyl sites for hydroxylation is 1. The van der Waals surface area contributed by atoms with E-state index in [9.17, 15) is 4.79 Å². The molecule has 26 heavy (non-hydrogen) atoms. The number of hydrogen-bond acceptors (Lipinski definition) is 2. The molecule has 0 bridgehead atoms. The number of fused-ring (bicyclic) bond motifs is 1. The minimum atomic E-state index is 0.000287. The minimum absolute atomic E-state index is 0.000287. The first-order valence-corrected chi connectivity index (χ1v) is 9.39. The maximum Gasteiger partial charge on any atom is 0.266 e. The van der Waals surface area contributed by atoms with Gasteiger partial charge in [-0.3, -0.25) is 9.36 Å². The largest absolute Gasteiger partial charge is 0.338 e. The number of para-hydroxylation sites is 1. The lowest BCUT2D eigenvalue weighted by Crippen LogP contribution is -2.85. The summed E-state index contributed by atoms with van der Waals surface area (Å²) in [5.74, 6) is 1.48. The van der Waals surface area contributed by atoms with Crippen molar-refractivity contribution in [1.29, 1.82) is 0 Å². The second-order valence-corrected chi connectivity index (χ2v) is 7.46.